The lowest BCUT2D eigenvalue weighted by Gasteiger charge is -2.04. The Bertz CT molecular complexity index is 490. The van der Waals surface area contributed by atoms with E-state index in [-0.39, 0.29) is 17.6 Å². The molecule has 0 spiro atoms. The van der Waals surface area contributed by atoms with Crippen molar-refractivity contribution in [3.63, 3.8) is 0 Å². The Morgan fingerprint density at radius 1 is 1.33 bits per heavy atom. The van der Waals surface area contributed by atoms with E-state index in [1.807, 2.05) is 0 Å². The van der Waals surface area contributed by atoms with Crippen LogP contribution in [0.25, 0.3) is 0 Å². The van der Waals surface area contributed by atoms with Crippen molar-refractivity contribution < 1.29 is 18.8 Å². The summed E-state index contributed by atoms with van der Waals surface area (Å²) in [6.07, 6.45) is 2.18. The van der Waals surface area contributed by atoms with Crippen LogP contribution in [0.3, 0.4) is 0 Å². The number of benzene rings is 1. The molecular formula is C11H14NO5P. The first kappa shape index (κ1) is 14.4. The van der Waals surface area contributed by atoms with Crippen LogP contribution in [0.2, 0.25) is 0 Å². The number of rotatable bonds is 7. The molecule has 0 amide bonds. The molecule has 0 radical (unpaired) electrons. The number of methoxy groups -OCH3 is 1. The van der Waals surface area contributed by atoms with Gasteiger partial charge in [0.25, 0.3) is 0 Å². The van der Waals surface area contributed by atoms with Crippen LogP contribution in [0.15, 0.2) is 18.2 Å². The van der Waals surface area contributed by atoms with E-state index in [0.717, 1.165) is 12.0 Å². The lowest BCUT2D eigenvalue weighted by molar-refractivity contribution is -0.385. The molecule has 0 heterocycles. The molecule has 0 atom stereocenters. The predicted octanol–water partition coefficient (Wildman–Crippen LogP) is 3.10. The minimum Gasteiger partial charge on any atom is -0.490 e. The van der Waals surface area contributed by atoms with Gasteiger partial charge < -0.3 is 4.74 Å². The molecule has 0 N–H and O–H groups in total. The number of ether oxygens (including phenoxy) is 1. The normalized spacial score (nSPS) is 10.1. The SMILES string of the molecule is COc1cc(CCCCP(=O)=O)ccc1[N+](=O)[O-]. The van der Waals surface area contributed by atoms with E-state index < -0.39 is 12.6 Å². The molecule has 98 valence electrons. The molecule has 1 aromatic carbocycles. The first-order chi connectivity index (χ1) is 8.54. The molecule has 0 saturated heterocycles. The molecule has 0 aromatic heterocycles. The fraction of sp³-hybridized carbons (Fsp3) is 0.455. The highest BCUT2D eigenvalue weighted by molar-refractivity contribution is 7.30. The van der Waals surface area contributed by atoms with Crippen LogP contribution in [0.1, 0.15) is 18.4 Å². The monoisotopic (exact) mass is 271 g/mol. The quantitative estimate of drug-likeness (QED) is 0.329. The number of nitrogens with zero attached hydrogens (tertiary/aromatic N) is 1. The van der Waals surface area contributed by atoms with Gasteiger partial charge in [-0.25, -0.2) is 9.13 Å². The van der Waals surface area contributed by atoms with Gasteiger partial charge in [0, 0.05) is 6.07 Å². The molecule has 0 fully saturated rings. The van der Waals surface area contributed by atoms with E-state index in [1.165, 1.54) is 13.2 Å². The van der Waals surface area contributed by atoms with Crippen molar-refractivity contribution in [2.75, 3.05) is 13.3 Å². The van der Waals surface area contributed by atoms with Crippen molar-refractivity contribution in [2.45, 2.75) is 19.3 Å². The summed E-state index contributed by atoms with van der Waals surface area (Å²) in [5, 5.41) is 10.7. The Morgan fingerprint density at radius 2 is 2.06 bits per heavy atom. The predicted molar refractivity (Wildman–Crippen MR) is 65.7 cm³/mol. The average molecular weight is 271 g/mol. The zero-order chi connectivity index (χ0) is 13.5. The van der Waals surface area contributed by atoms with Gasteiger partial charge in [-0.2, -0.15) is 0 Å². The molecule has 0 aliphatic heterocycles. The van der Waals surface area contributed by atoms with Crippen LogP contribution in [0.4, 0.5) is 5.69 Å². The Morgan fingerprint density at radius 3 is 2.61 bits per heavy atom. The zero-order valence-electron chi connectivity index (χ0n) is 10.00. The third kappa shape index (κ3) is 4.30. The van der Waals surface area contributed by atoms with Crippen LogP contribution < -0.4 is 4.74 Å². The van der Waals surface area contributed by atoms with Gasteiger partial charge in [0.1, 0.15) is 0 Å². The van der Waals surface area contributed by atoms with Crippen LogP contribution in [-0.4, -0.2) is 18.2 Å². The smallest absolute Gasteiger partial charge is 0.315 e. The van der Waals surface area contributed by atoms with Gasteiger partial charge in [0.2, 0.25) is 0 Å². The minimum atomic E-state index is -2.32. The summed E-state index contributed by atoms with van der Waals surface area (Å²) in [6.45, 7) is 0. The summed E-state index contributed by atoms with van der Waals surface area (Å²) in [6, 6.07) is 4.69. The maximum atomic E-state index is 10.7. The summed E-state index contributed by atoms with van der Waals surface area (Å²) in [5.74, 6) is 0.229. The Balaban J connectivity index is 2.65. The maximum Gasteiger partial charge on any atom is 0.315 e. The summed E-state index contributed by atoms with van der Waals surface area (Å²) in [4.78, 5) is 10.2. The fourth-order valence-corrected chi connectivity index (χ4v) is 2.08. The largest absolute Gasteiger partial charge is 0.490 e. The first-order valence-corrected chi connectivity index (χ1v) is 6.84. The second kappa shape index (κ2) is 6.91. The van der Waals surface area contributed by atoms with E-state index in [0.29, 0.717) is 12.8 Å². The molecule has 1 aromatic rings. The Hall–Kier alpha value is -1.68. The van der Waals surface area contributed by atoms with Gasteiger partial charge in [-0.1, -0.05) is 6.07 Å². The fourth-order valence-electron chi connectivity index (χ4n) is 1.60. The molecule has 1 rings (SSSR count). The van der Waals surface area contributed by atoms with Crippen molar-refractivity contribution in [2.24, 2.45) is 0 Å². The lowest BCUT2D eigenvalue weighted by Crippen LogP contribution is -1.95. The molecule has 18 heavy (non-hydrogen) atoms. The van der Waals surface area contributed by atoms with Crippen LogP contribution in [-0.2, 0) is 15.6 Å². The number of nitro groups is 1. The summed E-state index contributed by atoms with van der Waals surface area (Å²) >= 11 is 0. The Kier molecular flexibility index (Phi) is 5.52. The van der Waals surface area contributed by atoms with Crippen molar-refractivity contribution in [3.05, 3.63) is 33.9 Å². The Labute approximate surface area is 105 Å². The second-order valence-corrected chi connectivity index (χ2v) is 4.89. The molecule has 0 bridgehead atoms. The van der Waals surface area contributed by atoms with Crippen LogP contribution >= 0.6 is 7.68 Å². The molecular weight excluding hydrogens is 257 g/mol. The summed E-state index contributed by atoms with van der Waals surface area (Å²) < 4.78 is 25.7. The van der Waals surface area contributed by atoms with Crippen LogP contribution in [0.5, 0.6) is 5.75 Å². The van der Waals surface area contributed by atoms with Crippen molar-refractivity contribution in [1.29, 1.82) is 0 Å². The number of hydrogen-bond donors (Lipinski definition) is 0. The van der Waals surface area contributed by atoms with E-state index >= 15 is 0 Å². The highest BCUT2D eigenvalue weighted by atomic mass is 31.1. The topological polar surface area (TPSA) is 86.5 Å². The van der Waals surface area contributed by atoms with E-state index in [4.69, 9.17) is 4.74 Å². The number of nitro benzene ring substituents is 1. The minimum absolute atomic E-state index is 0.0658. The van der Waals surface area contributed by atoms with Gasteiger partial charge in [0.15, 0.2) is 5.75 Å². The molecule has 0 unspecified atom stereocenters. The van der Waals surface area contributed by atoms with Gasteiger partial charge in [-0.15, -0.1) is 0 Å². The highest BCUT2D eigenvalue weighted by Crippen LogP contribution is 2.28. The van der Waals surface area contributed by atoms with E-state index in [1.54, 1.807) is 12.1 Å². The van der Waals surface area contributed by atoms with Gasteiger partial charge in [-0.3, -0.25) is 10.1 Å². The van der Waals surface area contributed by atoms with Crippen molar-refractivity contribution in [1.82, 2.24) is 0 Å². The second-order valence-electron chi connectivity index (χ2n) is 3.78. The summed E-state index contributed by atoms with van der Waals surface area (Å²) in [7, 11) is -0.935. The lowest BCUT2D eigenvalue weighted by atomic mass is 10.1. The average Bonchev–Trinajstić information content (AvgIpc) is 2.33. The molecule has 6 nitrogen and oxygen atoms in total. The first-order valence-electron chi connectivity index (χ1n) is 5.47. The van der Waals surface area contributed by atoms with Gasteiger partial charge >= 0.3 is 13.4 Å². The van der Waals surface area contributed by atoms with Crippen LogP contribution in [0, 0.1) is 10.1 Å². The van der Waals surface area contributed by atoms with Crippen molar-refractivity contribution in [3.8, 4) is 5.75 Å². The zero-order valence-corrected chi connectivity index (χ0v) is 10.9. The van der Waals surface area contributed by atoms with E-state index in [2.05, 4.69) is 0 Å². The summed E-state index contributed by atoms with van der Waals surface area (Å²) in [5.41, 5.74) is 0.836. The molecule has 0 aliphatic rings. The number of hydrogen-bond acceptors (Lipinski definition) is 5. The maximum absolute atomic E-state index is 10.7. The van der Waals surface area contributed by atoms with Gasteiger partial charge in [-0.05, 0) is 30.9 Å². The molecule has 0 saturated carbocycles. The third-order valence-corrected chi connectivity index (χ3v) is 3.18. The molecule has 7 heteroatoms. The standard InChI is InChI=1S/C11H14NO5P/c1-17-11-8-9(4-2-3-7-18(15)16)5-6-10(11)12(13)14/h5-6,8H,2-4,7H2,1H3. The van der Waals surface area contributed by atoms with Gasteiger partial charge in [0.05, 0.1) is 18.2 Å². The van der Waals surface area contributed by atoms with E-state index in [9.17, 15) is 19.2 Å². The number of unbranched alkanes of at least 4 members (excludes halogenated alkanes) is 1. The third-order valence-electron chi connectivity index (χ3n) is 2.50. The molecule has 0 aliphatic carbocycles. The van der Waals surface area contributed by atoms with Crippen molar-refractivity contribution >= 4 is 13.4 Å². The number of aryl methyl sites for hydroxylation is 1. The highest BCUT2D eigenvalue weighted by Gasteiger charge is 2.14.